The second kappa shape index (κ2) is 4.90. The number of imidazole rings is 1. The van der Waals surface area contributed by atoms with Crippen molar-refractivity contribution in [2.24, 2.45) is 0 Å². The minimum atomic E-state index is -0.454. The smallest absolute Gasteiger partial charge is 0.246 e. The average Bonchev–Trinajstić information content (AvgIpc) is 2.99. The normalized spacial score (nSPS) is 23.4. The summed E-state index contributed by atoms with van der Waals surface area (Å²) in [5.41, 5.74) is 0.807. The van der Waals surface area contributed by atoms with E-state index >= 15 is 0 Å². The number of carbonyl (C=O) groups excluding carboxylic acids is 2. The maximum Gasteiger partial charge on any atom is 0.246 e. The predicted octanol–water partition coefficient (Wildman–Crippen LogP) is 1.02. The van der Waals surface area contributed by atoms with Crippen LogP contribution in [-0.2, 0) is 16.1 Å². The van der Waals surface area contributed by atoms with Crippen molar-refractivity contribution in [3.05, 3.63) is 23.5 Å². The third-order valence-corrected chi connectivity index (χ3v) is 4.40. The van der Waals surface area contributed by atoms with Gasteiger partial charge in [-0.25, -0.2) is 4.98 Å². The summed E-state index contributed by atoms with van der Waals surface area (Å²) in [5.74, 6) is -0.131. The number of thiazole rings is 1. The van der Waals surface area contributed by atoms with E-state index in [2.05, 4.69) is 10.3 Å². The first-order chi connectivity index (χ1) is 9.60. The van der Waals surface area contributed by atoms with Crippen LogP contribution >= 0.6 is 11.3 Å². The van der Waals surface area contributed by atoms with Crippen molar-refractivity contribution in [2.75, 3.05) is 0 Å². The molecule has 2 aromatic rings. The Morgan fingerprint density at radius 3 is 2.95 bits per heavy atom. The van der Waals surface area contributed by atoms with E-state index in [1.54, 1.807) is 23.2 Å². The van der Waals surface area contributed by atoms with Crippen LogP contribution in [0.15, 0.2) is 17.8 Å². The number of nitrogens with zero attached hydrogens (tertiary/aromatic N) is 3. The van der Waals surface area contributed by atoms with Crippen LogP contribution in [0.5, 0.6) is 0 Å². The number of hydrogen-bond donors (Lipinski definition) is 1. The first kappa shape index (κ1) is 13.1. The van der Waals surface area contributed by atoms with Crippen LogP contribution in [0.25, 0.3) is 4.96 Å². The molecule has 0 spiro atoms. The zero-order valence-electron chi connectivity index (χ0n) is 11.4. The molecule has 7 heteroatoms. The van der Waals surface area contributed by atoms with E-state index in [4.69, 9.17) is 0 Å². The average molecular weight is 292 g/mol. The van der Waals surface area contributed by atoms with Crippen molar-refractivity contribution in [3.63, 3.8) is 0 Å². The van der Waals surface area contributed by atoms with Gasteiger partial charge in [0.25, 0.3) is 0 Å². The molecule has 106 valence electrons. The van der Waals surface area contributed by atoms with Crippen molar-refractivity contribution in [2.45, 2.75) is 38.9 Å². The van der Waals surface area contributed by atoms with E-state index in [1.807, 2.05) is 29.1 Å². The van der Waals surface area contributed by atoms with Gasteiger partial charge in [-0.05, 0) is 13.3 Å². The monoisotopic (exact) mass is 292 g/mol. The minimum absolute atomic E-state index is 0.0315. The number of rotatable bonds is 3. The van der Waals surface area contributed by atoms with E-state index in [0.717, 1.165) is 10.7 Å². The summed E-state index contributed by atoms with van der Waals surface area (Å²) in [6, 6.07) is -0.868. The molecule has 1 N–H and O–H groups in total. The number of piperazine rings is 1. The second-order valence-electron chi connectivity index (χ2n) is 4.94. The lowest BCUT2D eigenvalue weighted by molar-refractivity contribution is -0.149. The third-order valence-electron chi connectivity index (χ3n) is 3.63. The summed E-state index contributed by atoms with van der Waals surface area (Å²) >= 11 is 1.55. The molecule has 1 aliphatic heterocycles. The van der Waals surface area contributed by atoms with Crippen LogP contribution in [0.2, 0.25) is 0 Å². The van der Waals surface area contributed by atoms with Gasteiger partial charge in [0.05, 0.1) is 12.2 Å². The SMILES string of the molecule is CCC1NC(=O)C(C)N(Cc2cn3ccsc3n2)C1=O. The van der Waals surface area contributed by atoms with Gasteiger partial charge in [-0.2, -0.15) is 0 Å². The van der Waals surface area contributed by atoms with Gasteiger partial charge in [0.15, 0.2) is 4.96 Å². The number of hydrogen-bond acceptors (Lipinski definition) is 4. The van der Waals surface area contributed by atoms with E-state index in [-0.39, 0.29) is 11.8 Å². The topological polar surface area (TPSA) is 66.7 Å². The Bertz CT molecular complexity index is 634. The Morgan fingerprint density at radius 1 is 1.45 bits per heavy atom. The number of nitrogens with one attached hydrogen (secondary N) is 1. The second-order valence-corrected chi connectivity index (χ2v) is 5.81. The fourth-order valence-electron chi connectivity index (χ4n) is 2.40. The van der Waals surface area contributed by atoms with Gasteiger partial charge in [0.1, 0.15) is 12.1 Å². The highest BCUT2D eigenvalue weighted by atomic mass is 32.1. The summed E-state index contributed by atoms with van der Waals surface area (Å²) in [5, 5.41) is 4.71. The van der Waals surface area contributed by atoms with Crippen LogP contribution in [0.3, 0.4) is 0 Å². The predicted molar refractivity (Wildman–Crippen MR) is 75.3 cm³/mol. The lowest BCUT2D eigenvalue weighted by Gasteiger charge is -2.36. The van der Waals surface area contributed by atoms with Crippen LogP contribution in [-0.4, -0.2) is 38.2 Å². The maximum absolute atomic E-state index is 12.3. The van der Waals surface area contributed by atoms with Gasteiger partial charge in [-0.1, -0.05) is 6.92 Å². The van der Waals surface area contributed by atoms with Crippen LogP contribution in [0.4, 0.5) is 0 Å². The van der Waals surface area contributed by atoms with Crippen molar-refractivity contribution in [3.8, 4) is 0 Å². The molecule has 1 aliphatic rings. The molecule has 2 aromatic heterocycles. The highest BCUT2D eigenvalue weighted by molar-refractivity contribution is 7.15. The molecule has 6 nitrogen and oxygen atoms in total. The summed E-state index contributed by atoms with van der Waals surface area (Å²) in [6.45, 7) is 4.01. The number of amides is 2. The van der Waals surface area contributed by atoms with E-state index in [1.165, 1.54) is 0 Å². The first-order valence-electron chi connectivity index (χ1n) is 6.62. The largest absolute Gasteiger partial charge is 0.343 e. The Hall–Kier alpha value is -1.89. The van der Waals surface area contributed by atoms with Crippen LogP contribution in [0.1, 0.15) is 26.0 Å². The van der Waals surface area contributed by atoms with Gasteiger partial charge < -0.3 is 10.2 Å². The van der Waals surface area contributed by atoms with Crippen molar-refractivity contribution < 1.29 is 9.59 Å². The Morgan fingerprint density at radius 2 is 2.25 bits per heavy atom. The molecule has 0 radical (unpaired) electrons. The first-order valence-corrected chi connectivity index (χ1v) is 7.50. The van der Waals surface area contributed by atoms with Crippen LogP contribution < -0.4 is 5.32 Å². The van der Waals surface area contributed by atoms with Crippen molar-refractivity contribution in [1.82, 2.24) is 19.6 Å². The molecule has 1 saturated heterocycles. The van der Waals surface area contributed by atoms with Gasteiger partial charge in [-0.15, -0.1) is 11.3 Å². The molecule has 0 saturated carbocycles. The zero-order valence-corrected chi connectivity index (χ0v) is 12.2. The van der Waals surface area contributed by atoms with Gasteiger partial charge in [0.2, 0.25) is 11.8 Å². The molecular weight excluding hydrogens is 276 g/mol. The minimum Gasteiger partial charge on any atom is -0.343 e. The fourth-order valence-corrected chi connectivity index (χ4v) is 3.12. The zero-order chi connectivity index (χ0) is 14.3. The summed E-state index contributed by atoms with van der Waals surface area (Å²) in [4.78, 5) is 31.2. The molecular formula is C13H16N4O2S. The molecule has 0 bridgehead atoms. The van der Waals surface area contributed by atoms with E-state index in [9.17, 15) is 9.59 Å². The Labute approximate surface area is 120 Å². The van der Waals surface area contributed by atoms with Gasteiger partial charge in [-0.3, -0.25) is 14.0 Å². The van der Waals surface area contributed by atoms with Gasteiger partial charge >= 0.3 is 0 Å². The molecule has 2 atom stereocenters. The van der Waals surface area contributed by atoms with Crippen molar-refractivity contribution in [1.29, 1.82) is 0 Å². The van der Waals surface area contributed by atoms with Crippen LogP contribution in [0, 0.1) is 0 Å². The summed E-state index contributed by atoms with van der Waals surface area (Å²) in [6.07, 6.45) is 4.44. The fraction of sp³-hybridized carbons (Fsp3) is 0.462. The molecule has 1 fully saturated rings. The molecule has 3 rings (SSSR count). The lowest BCUT2D eigenvalue weighted by Crippen LogP contribution is -2.61. The molecule has 2 amide bonds. The standard InChI is InChI=1S/C13H16N4O2S/c1-3-10-12(19)17(8(2)11(18)15-10)7-9-6-16-4-5-20-13(16)14-9/h4-6,8,10H,3,7H2,1-2H3,(H,15,18). The molecule has 0 aliphatic carbocycles. The number of aromatic nitrogens is 2. The van der Waals surface area contributed by atoms with E-state index < -0.39 is 12.1 Å². The van der Waals surface area contributed by atoms with E-state index in [0.29, 0.717) is 13.0 Å². The summed E-state index contributed by atoms with van der Waals surface area (Å²) in [7, 11) is 0. The third kappa shape index (κ3) is 2.07. The number of carbonyl (C=O) groups is 2. The lowest BCUT2D eigenvalue weighted by atomic mass is 10.1. The maximum atomic E-state index is 12.3. The highest BCUT2D eigenvalue weighted by Gasteiger charge is 2.37. The summed E-state index contributed by atoms with van der Waals surface area (Å²) < 4.78 is 1.93. The van der Waals surface area contributed by atoms with Gasteiger partial charge in [0, 0.05) is 17.8 Å². The van der Waals surface area contributed by atoms with Crippen molar-refractivity contribution >= 4 is 28.1 Å². The molecule has 2 unspecified atom stereocenters. The molecule has 3 heterocycles. The number of fused-ring (bicyclic) bond motifs is 1. The molecule has 0 aromatic carbocycles. The Kier molecular flexibility index (Phi) is 3.21. The highest BCUT2D eigenvalue weighted by Crippen LogP contribution is 2.17. The quantitative estimate of drug-likeness (QED) is 0.918. The Balaban J connectivity index is 1.85. The molecule has 20 heavy (non-hydrogen) atoms.